The molecule has 2 aliphatic rings. The van der Waals surface area contributed by atoms with Gasteiger partial charge in [-0.25, -0.2) is 13.1 Å². The first-order valence-electron chi connectivity index (χ1n) is 7.14. The second-order valence-corrected chi connectivity index (χ2v) is 7.29. The molecule has 0 saturated carbocycles. The van der Waals surface area contributed by atoms with Gasteiger partial charge >= 0.3 is 0 Å². The number of nitrogens with one attached hydrogen (secondary N) is 2. The number of nitro groups is 1. The second-order valence-electron chi connectivity index (χ2n) is 5.61. The van der Waals surface area contributed by atoms with Crippen molar-refractivity contribution in [1.29, 1.82) is 0 Å². The van der Waals surface area contributed by atoms with Gasteiger partial charge in [-0.15, -0.1) is 0 Å². The summed E-state index contributed by atoms with van der Waals surface area (Å²) in [5.74, 6) is -0.105. The molecule has 2 N–H and O–H groups in total. The molecule has 124 valence electrons. The molecule has 1 aromatic rings. The molecule has 1 amide bonds. The molecule has 0 bridgehead atoms. The Morgan fingerprint density at radius 1 is 1.30 bits per heavy atom. The number of nitrogens with zero attached hydrogens (tertiary/aromatic N) is 2. The Kier molecular flexibility index (Phi) is 4.04. The zero-order valence-electron chi connectivity index (χ0n) is 12.1. The van der Waals surface area contributed by atoms with E-state index in [1.165, 1.54) is 18.2 Å². The van der Waals surface area contributed by atoms with Crippen molar-refractivity contribution in [3.05, 3.63) is 34.4 Å². The van der Waals surface area contributed by atoms with Crippen LogP contribution in [0.2, 0.25) is 0 Å². The molecule has 10 heteroatoms. The van der Waals surface area contributed by atoms with Crippen molar-refractivity contribution in [1.82, 2.24) is 14.9 Å². The molecule has 0 aromatic heterocycles. The molecule has 2 fully saturated rings. The number of likely N-dealkylation sites (tertiary alicyclic amines) is 1. The molecule has 0 aliphatic carbocycles. The summed E-state index contributed by atoms with van der Waals surface area (Å²) in [6, 6.07) is 4.68. The highest BCUT2D eigenvalue weighted by Gasteiger charge is 2.39. The minimum Gasteiger partial charge on any atom is -0.335 e. The number of para-hydroxylation sites is 1. The van der Waals surface area contributed by atoms with Crippen molar-refractivity contribution < 1.29 is 18.1 Å². The number of carbonyl (C=O) groups excluding carboxylic acids is 1. The third kappa shape index (κ3) is 3.05. The lowest BCUT2D eigenvalue weighted by atomic mass is 10.1. The van der Waals surface area contributed by atoms with E-state index in [0.29, 0.717) is 13.1 Å². The van der Waals surface area contributed by atoms with Gasteiger partial charge in [0.25, 0.3) is 5.69 Å². The van der Waals surface area contributed by atoms with Crippen molar-refractivity contribution in [2.45, 2.75) is 23.4 Å². The summed E-state index contributed by atoms with van der Waals surface area (Å²) in [5, 5.41) is 14.0. The van der Waals surface area contributed by atoms with Crippen LogP contribution >= 0.6 is 0 Å². The van der Waals surface area contributed by atoms with E-state index in [1.807, 2.05) is 0 Å². The molecule has 3 rings (SSSR count). The highest BCUT2D eigenvalue weighted by Crippen LogP contribution is 2.24. The maximum absolute atomic E-state index is 12.4. The number of rotatable bonds is 5. The van der Waals surface area contributed by atoms with Crippen molar-refractivity contribution in [2.24, 2.45) is 0 Å². The summed E-state index contributed by atoms with van der Waals surface area (Å²) in [6.45, 7) is 1.69. The van der Waals surface area contributed by atoms with Crippen LogP contribution in [0.3, 0.4) is 0 Å². The van der Waals surface area contributed by atoms with Crippen LogP contribution in [0.1, 0.15) is 6.42 Å². The van der Waals surface area contributed by atoms with E-state index in [9.17, 15) is 23.3 Å². The molecule has 1 atom stereocenters. The maximum atomic E-state index is 12.4. The fourth-order valence-corrected chi connectivity index (χ4v) is 4.17. The average Bonchev–Trinajstić information content (AvgIpc) is 2.76. The molecule has 0 spiro atoms. The van der Waals surface area contributed by atoms with Crippen LogP contribution < -0.4 is 10.0 Å². The van der Waals surface area contributed by atoms with E-state index in [-0.39, 0.29) is 29.8 Å². The monoisotopic (exact) mass is 340 g/mol. The van der Waals surface area contributed by atoms with Crippen molar-refractivity contribution in [3.8, 4) is 0 Å². The summed E-state index contributed by atoms with van der Waals surface area (Å²) in [5.41, 5.74) is -0.482. The van der Waals surface area contributed by atoms with Crippen molar-refractivity contribution in [3.63, 3.8) is 0 Å². The van der Waals surface area contributed by atoms with Crippen LogP contribution in [-0.2, 0) is 14.8 Å². The predicted octanol–water partition coefficient (Wildman–Crippen LogP) is -0.554. The lowest BCUT2D eigenvalue weighted by molar-refractivity contribution is -0.387. The number of nitro benzene ring substituents is 1. The molecule has 9 nitrogen and oxygen atoms in total. The van der Waals surface area contributed by atoms with Crippen molar-refractivity contribution in [2.75, 3.05) is 19.6 Å². The van der Waals surface area contributed by atoms with E-state index < -0.39 is 26.7 Å². The number of hydrogen-bond donors (Lipinski definition) is 2. The molecule has 2 heterocycles. The Bertz CT molecular complexity index is 746. The van der Waals surface area contributed by atoms with Gasteiger partial charge in [-0.05, 0) is 6.07 Å². The third-order valence-corrected chi connectivity index (χ3v) is 5.60. The Morgan fingerprint density at radius 2 is 2.00 bits per heavy atom. The topological polar surface area (TPSA) is 122 Å². The van der Waals surface area contributed by atoms with Gasteiger partial charge in [0, 0.05) is 38.2 Å². The van der Waals surface area contributed by atoms with Gasteiger partial charge in [0.2, 0.25) is 15.9 Å². The smallest absolute Gasteiger partial charge is 0.289 e. The van der Waals surface area contributed by atoms with E-state index >= 15 is 0 Å². The van der Waals surface area contributed by atoms with E-state index in [0.717, 1.165) is 6.07 Å². The van der Waals surface area contributed by atoms with Crippen LogP contribution in [0.15, 0.2) is 29.2 Å². The molecule has 0 radical (unpaired) electrons. The van der Waals surface area contributed by atoms with Gasteiger partial charge in [0.05, 0.1) is 11.0 Å². The summed E-state index contributed by atoms with van der Waals surface area (Å²) >= 11 is 0. The van der Waals surface area contributed by atoms with Gasteiger partial charge in [-0.2, -0.15) is 0 Å². The molecule has 23 heavy (non-hydrogen) atoms. The van der Waals surface area contributed by atoms with Gasteiger partial charge in [-0.1, -0.05) is 12.1 Å². The summed E-state index contributed by atoms with van der Waals surface area (Å²) in [6.07, 6.45) is 0.0658. The van der Waals surface area contributed by atoms with E-state index in [1.54, 1.807) is 4.90 Å². The first-order valence-corrected chi connectivity index (χ1v) is 8.63. The van der Waals surface area contributed by atoms with Gasteiger partial charge in [0.15, 0.2) is 4.90 Å². The van der Waals surface area contributed by atoms with E-state index in [2.05, 4.69) is 10.0 Å². The average molecular weight is 340 g/mol. The number of amides is 1. The van der Waals surface area contributed by atoms with Gasteiger partial charge < -0.3 is 10.2 Å². The zero-order chi connectivity index (χ0) is 16.6. The SMILES string of the molecule is O=C1CC(NS(=O)(=O)c2ccccc2[N+](=O)[O-])CN1C1CNC1. The molecule has 1 aromatic carbocycles. The minimum absolute atomic E-state index is 0.0658. The Labute approximate surface area is 132 Å². The molecular formula is C13H16N4O5S. The van der Waals surface area contributed by atoms with Gasteiger partial charge in [-0.3, -0.25) is 14.9 Å². The molecule has 2 saturated heterocycles. The molecule has 1 unspecified atom stereocenters. The fourth-order valence-electron chi connectivity index (χ4n) is 2.78. The molecule has 2 aliphatic heterocycles. The van der Waals surface area contributed by atoms with Gasteiger partial charge in [0.1, 0.15) is 0 Å². The number of sulfonamides is 1. The lowest BCUT2D eigenvalue weighted by Crippen LogP contribution is -2.58. The minimum atomic E-state index is -4.07. The first kappa shape index (κ1) is 15.8. The third-order valence-electron chi connectivity index (χ3n) is 4.03. The Morgan fingerprint density at radius 3 is 2.61 bits per heavy atom. The number of benzene rings is 1. The zero-order valence-corrected chi connectivity index (χ0v) is 13.0. The normalized spacial score (nSPS) is 22.2. The summed E-state index contributed by atoms with van der Waals surface area (Å²) < 4.78 is 27.3. The Hall–Kier alpha value is -2.04. The second kappa shape index (κ2) is 5.87. The number of hydrogen-bond acceptors (Lipinski definition) is 6. The first-order chi connectivity index (χ1) is 10.9. The predicted molar refractivity (Wildman–Crippen MR) is 80.2 cm³/mol. The van der Waals surface area contributed by atoms with Crippen LogP contribution in [0.25, 0.3) is 0 Å². The lowest BCUT2D eigenvalue weighted by Gasteiger charge is -2.35. The maximum Gasteiger partial charge on any atom is 0.289 e. The number of carbonyl (C=O) groups is 1. The quantitative estimate of drug-likeness (QED) is 0.548. The van der Waals surface area contributed by atoms with E-state index in [4.69, 9.17) is 0 Å². The highest BCUT2D eigenvalue weighted by molar-refractivity contribution is 7.89. The highest BCUT2D eigenvalue weighted by atomic mass is 32.2. The fraction of sp³-hybridized carbons (Fsp3) is 0.462. The molecular weight excluding hydrogens is 324 g/mol. The van der Waals surface area contributed by atoms with Crippen LogP contribution in [0.4, 0.5) is 5.69 Å². The van der Waals surface area contributed by atoms with Crippen LogP contribution in [-0.4, -0.2) is 55.9 Å². The van der Waals surface area contributed by atoms with Crippen LogP contribution in [0.5, 0.6) is 0 Å². The standard InChI is InChI=1S/C13H16N4O5S/c18-13-5-9(8-16(13)10-6-14-7-10)15-23(21,22)12-4-2-1-3-11(12)17(19)20/h1-4,9-10,14-15H,5-8H2. The van der Waals surface area contributed by atoms with Crippen molar-refractivity contribution >= 4 is 21.6 Å². The van der Waals surface area contributed by atoms with Crippen LogP contribution in [0, 0.1) is 10.1 Å². The Balaban J connectivity index is 1.77. The summed E-state index contributed by atoms with van der Waals surface area (Å²) in [7, 11) is -4.07. The largest absolute Gasteiger partial charge is 0.335 e. The summed E-state index contributed by atoms with van der Waals surface area (Å²) in [4.78, 5) is 23.5.